The molecule has 0 saturated heterocycles. The van der Waals surface area contributed by atoms with Gasteiger partial charge in [-0.3, -0.25) is 0 Å². The van der Waals surface area contributed by atoms with Crippen LogP contribution in [-0.4, -0.2) is 10.3 Å². The molecule has 0 atom stereocenters. The first kappa shape index (κ1) is 6.85. The molecular formula is C8H11NO2. The van der Waals surface area contributed by atoms with E-state index in [1.807, 2.05) is 0 Å². The van der Waals surface area contributed by atoms with Gasteiger partial charge in [0.25, 0.3) is 0 Å². The summed E-state index contributed by atoms with van der Waals surface area (Å²) < 4.78 is 5.05. The Morgan fingerprint density at radius 1 is 1.64 bits per heavy atom. The molecule has 0 aliphatic heterocycles. The molecule has 0 aromatic carbocycles. The van der Waals surface area contributed by atoms with Crippen molar-refractivity contribution in [1.29, 1.82) is 0 Å². The Morgan fingerprint density at radius 3 is 3.00 bits per heavy atom. The van der Waals surface area contributed by atoms with Crippen molar-refractivity contribution in [2.24, 2.45) is 0 Å². The lowest BCUT2D eigenvalue weighted by molar-refractivity contribution is 0.262. The molecule has 1 saturated carbocycles. The zero-order chi connectivity index (χ0) is 7.68. The maximum Gasteiger partial charge on any atom is 0.145 e. The lowest BCUT2D eigenvalue weighted by atomic mass is 9.82. The first-order valence-electron chi connectivity index (χ1n) is 3.96. The predicted molar refractivity (Wildman–Crippen MR) is 39.0 cm³/mol. The maximum atomic E-state index is 8.88. The molecule has 3 nitrogen and oxygen atoms in total. The van der Waals surface area contributed by atoms with Crippen molar-refractivity contribution in [3.8, 4) is 0 Å². The summed E-state index contributed by atoms with van der Waals surface area (Å²) >= 11 is 0. The van der Waals surface area contributed by atoms with E-state index >= 15 is 0 Å². The Bertz CT molecular complexity index is 240. The van der Waals surface area contributed by atoms with Crippen LogP contribution in [0.3, 0.4) is 0 Å². The molecular weight excluding hydrogens is 142 g/mol. The molecule has 2 rings (SSSR count). The molecule has 11 heavy (non-hydrogen) atoms. The van der Waals surface area contributed by atoms with Gasteiger partial charge in [-0.15, -0.1) is 0 Å². The van der Waals surface area contributed by atoms with E-state index in [9.17, 15) is 0 Å². The van der Waals surface area contributed by atoms with Gasteiger partial charge in [0.05, 0.1) is 12.8 Å². The zero-order valence-corrected chi connectivity index (χ0v) is 6.29. The minimum atomic E-state index is 0.0509. The molecule has 3 heteroatoms. The second-order valence-electron chi connectivity index (χ2n) is 3.00. The smallest absolute Gasteiger partial charge is 0.145 e. The summed E-state index contributed by atoms with van der Waals surface area (Å²) in [6.07, 6.45) is 5.24. The van der Waals surface area contributed by atoms with Gasteiger partial charge in [-0.1, -0.05) is 11.6 Å². The monoisotopic (exact) mass is 153 g/mol. The first-order valence-corrected chi connectivity index (χ1v) is 3.96. The van der Waals surface area contributed by atoms with Gasteiger partial charge in [0.2, 0.25) is 0 Å². The molecule has 0 unspecified atom stereocenters. The van der Waals surface area contributed by atoms with Crippen LogP contribution < -0.4 is 0 Å². The molecule has 1 aromatic heterocycles. The largest absolute Gasteiger partial charge is 0.391 e. The third-order valence-corrected chi connectivity index (χ3v) is 2.32. The Hall–Kier alpha value is -0.830. The van der Waals surface area contributed by atoms with E-state index in [4.69, 9.17) is 9.63 Å². The molecule has 1 fully saturated rings. The van der Waals surface area contributed by atoms with Crippen LogP contribution in [0.4, 0.5) is 0 Å². The quantitative estimate of drug-likeness (QED) is 0.699. The van der Waals surface area contributed by atoms with Crippen molar-refractivity contribution in [1.82, 2.24) is 5.16 Å². The Morgan fingerprint density at radius 2 is 2.45 bits per heavy atom. The van der Waals surface area contributed by atoms with Gasteiger partial charge in [0.15, 0.2) is 0 Å². The molecule has 0 amide bonds. The van der Waals surface area contributed by atoms with Gasteiger partial charge in [-0.25, -0.2) is 0 Å². The number of hydrogen-bond acceptors (Lipinski definition) is 3. The first-order chi connectivity index (χ1) is 5.42. The molecule has 1 N–H and O–H groups in total. The Balaban J connectivity index is 2.20. The zero-order valence-electron chi connectivity index (χ0n) is 6.29. The van der Waals surface area contributed by atoms with Gasteiger partial charge in [0, 0.05) is 11.5 Å². The summed E-state index contributed by atoms with van der Waals surface area (Å²) in [5.74, 6) is 1.43. The van der Waals surface area contributed by atoms with Crippen LogP contribution in [0.2, 0.25) is 0 Å². The number of aliphatic hydroxyl groups excluding tert-OH is 1. The molecule has 1 aliphatic carbocycles. The molecule has 60 valence electrons. The van der Waals surface area contributed by atoms with Gasteiger partial charge in [-0.2, -0.15) is 0 Å². The maximum absolute atomic E-state index is 8.88. The number of rotatable bonds is 2. The molecule has 0 bridgehead atoms. The van der Waals surface area contributed by atoms with Crippen LogP contribution in [0.25, 0.3) is 0 Å². The van der Waals surface area contributed by atoms with E-state index in [0.29, 0.717) is 5.92 Å². The predicted octanol–water partition coefficient (Wildman–Crippen LogP) is 1.43. The summed E-state index contributed by atoms with van der Waals surface area (Å²) in [5.41, 5.74) is 0.856. The summed E-state index contributed by atoms with van der Waals surface area (Å²) in [4.78, 5) is 0. The van der Waals surface area contributed by atoms with E-state index in [1.165, 1.54) is 19.3 Å². The third-order valence-electron chi connectivity index (χ3n) is 2.32. The molecule has 1 aliphatic rings. The normalized spacial score (nSPS) is 18.3. The summed E-state index contributed by atoms with van der Waals surface area (Å²) in [6, 6.07) is 0. The minimum Gasteiger partial charge on any atom is -0.391 e. The van der Waals surface area contributed by atoms with Gasteiger partial charge in [-0.05, 0) is 12.8 Å². The van der Waals surface area contributed by atoms with Crippen LogP contribution in [0.5, 0.6) is 0 Å². The van der Waals surface area contributed by atoms with E-state index in [0.717, 1.165) is 11.3 Å². The number of aliphatic hydroxyl groups is 1. The Labute approximate surface area is 65.0 Å². The van der Waals surface area contributed by atoms with Crippen molar-refractivity contribution >= 4 is 0 Å². The number of aromatic nitrogens is 1. The van der Waals surface area contributed by atoms with Crippen LogP contribution in [0, 0.1) is 0 Å². The minimum absolute atomic E-state index is 0.0509. The standard InChI is InChI=1S/C8H11NO2/c10-5-7-4-9-11-8(7)6-2-1-3-6/h4,6,10H,1-3,5H2. The van der Waals surface area contributed by atoms with Crippen molar-refractivity contribution in [2.75, 3.05) is 0 Å². The van der Waals surface area contributed by atoms with Gasteiger partial charge in [0.1, 0.15) is 5.76 Å². The summed E-state index contributed by atoms with van der Waals surface area (Å²) in [6.45, 7) is 0.0509. The second kappa shape index (κ2) is 2.66. The highest BCUT2D eigenvalue weighted by Gasteiger charge is 2.25. The average Bonchev–Trinajstić information content (AvgIpc) is 2.32. The van der Waals surface area contributed by atoms with E-state index in [1.54, 1.807) is 6.20 Å². The topological polar surface area (TPSA) is 46.3 Å². The van der Waals surface area contributed by atoms with Crippen molar-refractivity contribution < 1.29 is 9.63 Å². The highest BCUT2D eigenvalue weighted by molar-refractivity contribution is 5.18. The van der Waals surface area contributed by atoms with Crippen LogP contribution in [0.1, 0.15) is 36.5 Å². The highest BCUT2D eigenvalue weighted by Crippen LogP contribution is 2.37. The third kappa shape index (κ3) is 1.05. The summed E-state index contributed by atoms with van der Waals surface area (Å²) in [7, 11) is 0. The van der Waals surface area contributed by atoms with E-state index < -0.39 is 0 Å². The average molecular weight is 153 g/mol. The molecule has 0 radical (unpaired) electrons. The molecule has 1 heterocycles. The number of nitrogens with zero attached hydrogens (tertiary/aromatic N) is 1. The lowest BCUT2D eigenvalue weighted by Crippen LogP contribution is -2.09. The highest BCUT2D eigenvalue weighted by atomic mass is 16.5. The number of hydrogen-bond donors (Lipinski definition) is 1. The van der Waals surface area contributed by atoms with Gasteiger partial charge < -0.3 is 9.63 Å². The molecule has 0 spiro atoms. The fourth-order valence-electron chi connectivity index (χ4n) is 1.39. The van der Waals surface area contributed by atoms with Crippen LogP contribution in [0.15, 0.2) is 10.7 Å². The Kier molecular flexibility index (Phi) is 1.66. The van der Waals surface area contributed by atoms with Gasteiger partial charge >= 0.3 is 0 Å². The van der Waals surface area contributed by atoms with Crippen molar-refractivity contribution in [3.05, 3.63) is 17.5 Å². The van der Waals surface area contributed by atoms with E-state index in [-0.39, 0.29) is 6.61 Å². The van der Waals surface area contributed by atoms with Crippen LogP contribution in [-0.2, 0) is 6.61 Å². The fraction of sp³-hybridized carbons (Fsp3) is 0.625. The van der Waals surface area contributed by atoms with Crippen molar-refractivity contribution in [3.63, 3.8) is 0 Å². The van der Waals surface area contributed by atoms with E-state index in [2.05, 4.69) is 5.16 Å². The second-order valence-corrected chi connectivity index (χ2v) is 3.00. The lowest BCUT2D eigenvalue weighted by Gasteiger charge is -2.22. The SMILES string of the molecule is OCc1cnoc1C1CCC1. The fourth-order valence-corrected chi connectivity index (χ4v) is 1.39. The van der Waals surface area contributed by atoms with Crippen molar-refractivity contribution in [2.45, 2.75) is 31.8 Å². The summed E-state index contributed by atoms with van der Waals surface area (Å²) in [5, 5.41) is 12.5. The molecule has 1 aromatic rings. The van der Waals surface area contributed by atoms with Crippen LogP contribution >= 0.6 is 0 Å².